The standard InChI is InChI=1S/C14H18FN3O/c15-11-7-10(1-2-12(11)16)14(19)17-13-8-18-5-3-9(13)4-6-18/h1-2,7,9,13H,3-6,8,16H2,(H,17,19). The monoisotopic (exact) mass is 263 g/mol. The number of nitrogens with zero attached hydrogens (tertiary/aromatic N) is 1. The quantitative estimate of drug-likeness (QED) is 0.789. The van der Waals surface area contributed by atoms with E-state index >= 15 is 0 Å². The van der Waals surface area contributed by atoms with Crippen LogP contribution in [0.4, 0.5) is 10.1 Å². The Morgan fingerprint density at radius 2 is 2.11 bits per heavy atom. The Labute approximate surface area is 111 Å². The van der Waals surface area contributed by atoms with Crippen LogP contribution in [0, 0.1) is 11.7 Å². The molecular formula is C14H18FN3O. The number of anilines is 1. The average Bonchev–Trinajstić information content (AvgIpc) is 2.43. The van der Waals surface area contributed by atoms with Crippen molar-refractivity contribution in [1.82, 2.24) is 10.2 Å². The summed E-state index contributed by atoms with van der Waals surface area (Å²) in [7, 11) is 0. The molecule has 3 aliphatic heterocycles. The van der Waals surface area contributed by atoms with Crippen LogP contribution in [0.25, 0.3) is 0 Å². The van der Waals surface area contributed by atoms with Crippen LogP contribution in [0.2, 0.25) is 0 Å². The number of carbonyl (C=O) groups excluding carboxylic acids is 1. The maximum Gasteiger partial charge on any atom is 0.251 e. The van der Waals surface area contributed by atoms with Crippen LogP contribution in [-0.4, -0.2) is 36.5 Å². The van der Waals surface area contributed by atoms with E-state index in [-0.39, 0.29) is 17.6 Å². The van der Waals surface area contributed by atoms with Gasteiger partial charge in [-0.1, -0.05) is 0 Å². The molecule has 1 amide bonds. The second kappa shape index (κ2) is 4.81. The van der Waals surface area contributed by atoms with E-state index in [4.69, 9.17) is 5.73 Å². The maximum atomic E-state index is 13.4. The minimum absolute atomic E-state index is 0.0689. The van der Waals surface area contributed by atoms with E-state index in [2.05, 4.69) is 10.2 Å². The van der Waals surface area contributed by atoms with Crippen LogP contribution in [0.3, 0.4) is 0 Å². The highest BCUT2D eigenvalue weighted by Crippen LogP contribution is 2.27. The molecule has 1 atom stereocenters. The number of carbonyl (C=O) groups is 1. The lowest BCUT2D eigenvalue weighted by Gasteiger charge is -2.44. The number of rotatable bonds is 2. The Bertz CT molecular complexity index is 497. The van der Waals surface area contributed by atoms with E-state index in [1.807, 2.05) is 0 Å². The summed E-state index contributed by atoms with van der Waals surface area (Å²) in [5, 5.41) is 3.03. The van der Waals surface area contributed by atoms with Crippen molar-refractivity contribution in [3.63, 3.8) is 0 Å². The molecule has 3 heterocycles. The number of nitrogens with one attached hydrogen (secondary N) is 1. The largest absolute Gasteiger partial charge is 0.396 e. The Balaban J connectivity index is 1.69. The molecule has 0 aromatic heterocycles. The topological polar surface area (TPSA) is 58.4 Å². The van der Waals surface area contributed by atoms with Crippen molar-refractivity contribution in [1.29, 1.82) is 0 Å². The van der Waals surface area contributed by atoms with Crippen LogP contribution in [-0.2, 0) is 0 Å². The van der Waals surface area contributed by atoms with Gasteiger partial charge in [0.2, 0.25) is 0 Å². The van der Waals surface area contributed by atoms with Crippen molar-refractivity contribution in [3.8, 4) is 0 Å². The fraction of sp³-hybridized carbons (Fsp3) is 0.500. The highest BCUT2D eigenvalue weighted by molar-refractivity contribution is 5.94. The molecule has 2 bridgehead atoms. The van der Waals surface area contributed by atoms with E-state index < -0.39 is 5.82 Å². The molecule has 0 aliphatic carbocycles. The normalized spacial score (nSPS) is 29.2. The summed E-state index contributed by atoms with van der Waals surface area (Å²) in [4.78, 5) is 14.5. The van der Waals surface area contributed by atoms with Crippen molar-refractivity contribution in [2.45, 2.75) is 18.9 Å². The molecule has 0 saturated carbocycles. The lowest BCUT2D eigenvalue weighted by atomic mass is 9.84. The van der Waals surface area contributed by atoms with Crippen LogP contribution in [0.1, 0.15) is 23.2 Å². The zero-order valence-electron chi connectivity index (χ0n) is 10.7. The lowest BCUT2D eigenvalue weighted by Crippen LogP contribution is -2.57. The molecule has 4 rings (SSSR count). The Morgan fingerprint density at radius 1 is 1.37 bits per heavy atom. The molecule has 1 aromatic carbocycles. The zero-order chi connectivity index (χ0) is 13.4. The number of nitrogen functional groups attached to an aromatic ring is 1. The second-order valence-electron chi connectivity index (χ2n) is 5.45. The van der Waals surface area contributed by atoms with Gasteiger partial charge < -0.3 is 16.0 Å². The van der Waals surface area contributed by atoms with Gasteiger partial charge in [0.05, 0.1) is 5.69 Å². The van der Waals surface area contributed by atoms with E-state index in [1.54, 1.807) is 6.07 Å². The van der Waals surface area contributed by atoms with Gasteiger partial charge in [0.25, 0.3) is 5.91 Å². The Hall–Kier alpha value is -1.62. The minimum atomic E-state index is -0.540. The van der Waals surface area contributed by atoms with E-state index in [0.29, 0.717) is 11.5 Å². The fourth-order valence-corrected chi connectivity index (χ4v) is 3.05. The van der Waals surface area contributed by atoms with E-state index in [1.165, 1.54) is 12.1 Å². The van der Waals surface area contributed by atoms with Crippen LogP contribution in [0.15, 0.2) is 18.2 Å². The summed E-state index contributed by atoms with van der Waals surface area (Å²) in [6.07, 6.45) is 2.28. The van der Waals surface area contributed by atoms with Crippen LogP contribution < -0.4 is 11.1 Å². The van der Waals surface area contributed by atoms with Crippen molar-refractivity contribution in [3.05, 3.63) is 29.6 Å². The van der Waals surface area contributed by atoms with Crippen molar-refractivity contribution in [2.24, 2.45) is 5.92 Å². The van der Waals surface area contributed by atoms with E-state index in [9.17, 15) is 9.18 Å². The molecule has 3 fully saturated rings. The number of nitrogens with two attached hydrogens (primary N) is 1. The average molecular weight is 263 g/mol. The predicted octanol–water partition coefficient (Wildman–Crippen LogP) is 1.23. The number of piperidine rings is 3. The highest BCUT2D eigenvalue weighted by Gasteiger charge is 2.34. The van der Waals surface area contributed by atoms with Gasteiger partial charge in [0, 0.05) is 18.2 Å². The molecule has 5 heteroatoms. The van der Waals surface area contributed by atoms with Gasteiger partial charge in [-0.2, -0.15) is 0 Å². The summed E-state index contributed by atoms with van der Waals surface area (Å²) < 4.78 is 13.4. The number of hydrogen-bond acceptors (Lipinski definition) is 3. The fourth-order valence-electron chi connectivity index (χ4n) is 3.05. The molecule has 3 aliphatic rings. The third kappa shape index (κ3) is 2.42. The zero-order valence-corrected chi connectivity index (χ0v) is 10.7. The second-order valence-corrected chi connectivity index (χ2v) is 5.45. The lowest BCUT2D eigenvalue weighted by molar-refractivity contribution is 0.0620. The van der Waals surface area contributed by atoms with Gasteiger partial charge in [0.1, 0.15) is 5.82 Å². The first-order valence-electron chi connectivity index (χ1n) is 6.72. The summed E-state index contributed by atoms with van der Waals surface area (Å²) in [5.74, 6) is -0.188. The Morgan fingerprint density at radius 3 is 2.68 bits per heavy atom. The van der Waals surface area contributed by atoms with Gasteiger partial charge in [-0.25, -0.2) is 4.39 Å². The number of amides is 1. The molecule has 4 nitrogen and oxygen atoms in total. The van der Waals surface area contributed by atoms with Gasteiger partial charge in [-0.05, 0) is 50.0 Å². The van der Waals surface area contributed by atoms with Gasteiger partial charge >= 0.3 is 0 Å². The summed E-state index contributed by atoms with van der Waals surface area (Å²) in [5.41, 5.74) is 5.81. The number of benzene rings is 1. The van der Waals surface area contributed by atoms with Gasteiger partial charge in [-0.3, -0.25) is 4.79 Å². The van der Waals surface area contributed by atoms with Gasteiger partial charge in [0.15, 0.2) is 0 Å². The molecule has 19 heavy (non-hydrogen) atoms. The molecule has 1 aromatic rings. The highest BCUT2D eigenvalue weighted by atomic mass is 19.1. The minimum Gasteiger partial charge on any atom is -0.396 e. The summed E-state index contributed by atoms with van der Waals surface area (Å²) >= 11 is 0. The number of halogens is 1. The first kappa shape index (κ1) is 12.4. The van der Waals surface area contributed by atoms with Crippen molar-refractivity contribution >= 4 is 11.6 Å². The van der Waals surface area contributed by atoms with Crippen molar-refractivity contribution < 1.29 is 9.18 Å². The summed E-state index contributed by atoms with van der Waals surface area (Å²) in [6, 6.07) is 4.39. The van der Waals surface area contributed by atoms with Crippen molar-refractivity contribution in [2.75, 3.05) is 25.4 Å². The van der Waals surface area contributed by atoms with Crippen LogP contribution in [0.5, 0.6) is 0 Å². The van der Waals surface area contributed by atoms with Gasteiger partial charge in [-0.15, -0.1) is 0 Å². The first-order chi connectivity index (χ1) is 9.13. The molecule has 1 unspecified atom stereocenters. The smallest absolute Gasteiger partial charge is 0.251 e. The molecule has 3 saturated heterocycles. The predicted molar refractivity (Wildman–Crippen MR) is 71.2 cm³/mol. The molecule has 3 N–H and O–H groups in total. The third-order valence-electron chi connectivity index (χ3n) is 4.24. The van der Waals surface area contributed by atoms with E-state index in [0.717, 1.165) is 32.5 Å². The first-order valence-corrected chi connectivity index (χ1v) is 6.72. The molecule has 102 valence electrons. The molecular weight excluding hydrogens is 245 g/mol. The molecule has 0 radical (unpaired) electrons. The number of hydrogen-bond donors (Lipinski definition) is 2. The maximum absolute atomic E-state index is 13.4. The molecule has 0 spiro atoms. The SMILES string of the molecule is Nc1ccc(C(=O)NC2CN3CCC2CC3)cc1F. The third-order valence-corrected chi connectivity index (χ3v) is 4.24. The summed E-state index contributed by atoms with van der Waals surface area (Å²) in [6.45, 7) is 3.18. The Kier molecular flexibility index (Phi) is 3.14. The van der Waals surface area contributed by atoms with Crippen LogP contribution >= 0.6 is 0 Å². The number of fused-ring (bicyclic) bond motifs is 3.